The van der Waals surface area contributed by atoms with Gasteiger partial charge in [0, 0.05) is 11.1 Å². The topological polar surface area (TPSA) is 53.6 Å². The van der Waals surface area contributed by atoms with Crippen molar-refractivity contribution in [2.75, 3.05) is 0 Å². The molecule has 0 spiro atoms. The van der Waals surface area contributed by atoms with Crippen LogP contribution in [0.4, 0.5) is 0 Å². The summed E-state index contributed by atoms with van der Waals surface area (Å²) in [5.74, 6) is 0.878. The van der Waals surface area contributed by atoms with Crippen molar-refractivity contribution < 1.29 is 14.6 Å². The number of aryl methyl sites for hydroxylation is 2. The molecule has 3 heteroatoms. The van der Waals surface area contributed by atoms with E-state index in [1.165, 1.54) is 127 Å². The Kier molecular flexibility index (Phi) is 17.8. The SMILES string of the molecule is CCCCCCCCCCCCc1ccc(O)c(C(c2ccco2)c2cc(CCCCCCCCCCCC)ccc2O)c1. The van der Waals surface area contributed by atoms with Gasteiger partial charge in [-0.25, -0.2) is 0 Å². The minimum Gasteiger partial charge on any atom is -0.508 e. The van der Waals surface area contributed by atoms with Crippen LogP contribution in [0.15, 0.2) is 59.2 Å². The van der Waals surface area contributed by atoms with Gasteiger partial charge < -0.3 is 14.6 Å². The number of phenolic OH excluding ortho intramolecular Hbond substituents is 2. The third-order valence-corrected chi connectivity index (χ3v) is 9.27. The Labute approximate surface area is 269 Å². The first-order valence-corrected chi connectivity index (χ1v) is 18.3. The van der Waals surface area contributed by atoms with Crippen molar-refractivity contribution >= 4 is 0 Å². The molecule has 3 aromatic rings. The highest BCUT2D eigenvalue weighted by molar-refractivity contribution is 5.52. The van der Waals surface area contributed by atoms with Crippen LogP contribution in [0.5, 0.6) is 11.5 Å². The Morgan fingerprint density at radius 3 is 1.25 bits per heavy atom. The zero-order valence-electron chi connectivity index (χ0n) is 28.1. The van der Waals surface area contributed by atoms with E-state index in [4.69, 9.17) is 4.42 Å². The fraction of sp³-hybridized carbons (Fsp3) is 0.610. The maximum Gasteiger partial charge on any atom is 0.119 e. The zero-order chi connectivity index (χ0) is 31.2. The molecule has 1 aromatic heterocycles. The van der Waals surface area contributed by atoms with E-state index in [-0.39, 0.29) is 17.4 Å². The van der Waals surface area contributed by atoms with Crippen molar-refractivity contribution in [2.45, 2.75) is 161 Å². The van der Waals surface area contributed by atoms with Gasteiger partial charge in [-0.1, -0.05) is 154 Å². The highest BCUT2D eigenvalue weighted by Gasteiger charge is 2.26. The first kappa shape index (κ1) is 35.8. The molecule has 0 atom stereocenters. The van der Waals surface area contributed by atoms with E-state index in [1.54, 1.807) is 6.26 Å². The van der Waals surface area contributed by atoms with Crippen molar-refractivity contribution in [2.24, 2.45) is 0 Å². The van der Waals surface area contributed by atoms with Gasteiger partial charge in [0.1, 0.15) is 17.3 Å². The van der Waals surface area contributed by atoms with Crippen molar-refractivity contribution in [1.29, 1.82) is 0 Å². The van der Waals surface area contributed by atoms with E-state index in [0.29, 0.717) is 0 Å². The maximum absolute atomic E-state index is 11.1. The number of hydrogen-bond donors (Lipinski definition) is 2. The number of aromatic hydroxyl groups is 2. The van der Waals surface area contributed by atoms with Crippen LogP contribution in [0, 0.1) is 0 Å². The molecule has 0 amide bonds. The van der Waals surface area contributed by atoms with Gasteiger partial charge >= 0.3 is 0 Å². The lowest BCUT2D eigenvalue weighted by molar-refractivity contribution is 0.443. The summed E-state index contributed by atoms with van der Waals surface area (Å²) in [7, 11) is 0. The Bertz CT molecular complexity index is 1060. The first-order chi connectivity index (χ1) is 21.6. The van der Waals surface area contributed by atoms with Crippen molar-refractivity contribution in [3.63, 3.8) is 0 Å². The zero-order valence-corrected chi connectivity index (χ0v) is 28.1. The monoisotopic (exact) mass is 602 g/mol. The number of benzene rings is 2. The summed E-state index contributed by atoms with van der Waals surface area (Å²) in [4.78, 5) is 0. The molecule has 1 heterocycles. The molecule has 0 bridgehead atoms. The van der Waals surface area contributed by atoms with Gasteiger partial charge in [0.25, 0.3) is 0 Å². The molecule has 0 aliphatic carbocycles. The van der Waals surface area contributed by atoms with E-state index >= 15 is 0 Å². The quantitative estimate of drug-likeness (QED) is 0.0948. The smallest absolute Gasteiger partial charge is 0.119 e. The van der Waals surface area contributed by atoms with E-state index in [9.17, 15) is 10.2 Å². The summed E-state index contributed by atoms with van der Waals surface area (Å²) in [6, 6.07) is 15.8. The molecule has 2 aromatic carbocycles. The molecule has 2 N–H and O–H groups in total. The lowest BCUT2D eigenvalue weighted by atomic mass is 9.85. The normalized spacial score (nSPS) is 11.5. The van der Waals surface area contributed by atoms with Crippen LogP contribution in [-0.2, 0) is 12.8 Å². The number of phenols is 2. The van der Waals surface area contributed by atoms with Crippen molar-refractivity contribution in [1.82, 2.24) is 0 Å². The fourth-order valence-electron chi connectivity index (χ4n) is 6.54. The molecule has 0 saturated carbocycles. The fourth-order valence-corrected chi connectivity index (χ4v) is 6.54. The summed E-state index contributed by atoms with van der Waals surface area (Å²) in [6.07, 6.45) is 30.2. The van der Waals surface area contributed by atoms with Gasteiger partial charge in [-0.05, 0) is 61.1 Å². The predicted octanol–water partition coefficient (Wildman–Crippen LogP) is 12.8. The van der Waals surface area contributed by atoms with Gasteiger partial charge in [-0.2, -0.15) is 0 Å². The Hall–Kier alpha value is -2.68. The van der Waals surface area contributed by atoms with Gasteiger partial charge in [0.2, 0.25) is 0 Å². The van der Waals surface area contributed by atoms with Gasteiger partial charge in [0.05, 0.1) is 12.2 Å². The average molecular weight is 603 g/mol. The second-order valence-corrected chi connectivity index (χ2v) is 13.1. The molecule has 0 fully saturated rings. The molecule has 3 rings (SSSR count). The summed E-state index contributed by atoms with van der Waals surface area (Å²) < 4.78 is 5.91. The highest BCUT2D eigenvalue weighted by Crippen LogP contribution is 2.41. The van der Waals surface area contributed by atoms with Gasteiger partial charge in [0.15, 0.2) is 0 Å². The Balaban J connectivity index is 1.56. The second kappa shape index (κ2) is 21.9. The number of rotatable bonds is 25. The minimum absolute atomic E-state index is 0.248. The van der Waals surface area contributed by atoms with Gasteiger partial charge in [-0.15, -0.1) is 0 Å². The van der Waals surface area contributed by atoms with Crippen LogP contribution < -0.4 is 0 Å². The molecule has 3 nitrogen and oxygen atoms in total. The van der Waals surface area contributed by atoms with Crippen LogP contribution in [0.3, 0.4) is 0 Å². The van der Waals surface area contributed by atoms with Crippen molar-refractivity contribution in [3.05, 3.63) is 82.8 Å². The van der Waals surface area contributed by atoms with Crippen LogP contribution in [0.1, 0.15) is 176 Å². The first-order valence-electron chi connectivity index (χ1n) is 18.3. The lowest BCUT2D eigenvalue weighted by Crippen LogP contribution is -2.05. The summed E-state index contributed by atoms with van der Waals surface area (Å²) in [6.45, 7) is 4.55. The highest BCUT2D eigenvalue weighted by atomic mass is 16.3. The molecule has 244 valence electrons. The Morgan fingerprint density at radius 2 is 0.886 bits per heavy atom. The van der Waals surface area contributed by atoms with Crippen LogP contribution in [0.25, 0.3) is 0 Å². The standard InChI is InChI=1S/C41H62O3/c1-3-5-7-9-11-13-15-17-19-21-24-34-27-29-38(42)36(32-34)41(40-26-23-31-44-40)37-33-35(28-30-39(37)43)25-22-20-18-16-14-12-10-8-6-4-2/h23,26-33,41-43H,3-22,24-25H2,1-2H3. The second-order valence-electron chi connectivity index (χ2n) is 13.1. The molecule has 0 unspecified atom stereocenters. The van der Waals surface area contributed by atoms with Gasteiger partial charge in [-0.3, -0.25) is 0 Å². The number of unbranched alkanes of at least 4 members (excludes halogenated alkanes) is 18. The van der Waals surface area contributed by atoms with E-state index in [2.05, 4.69) is 26.0 Å². The van der Waals surface area contributed by atoms with Crippen LogP contribution in [-0.4, -0.2) is 10.2 Å². The predicted molar refractivity (Wildman–Crippen MR) is 187 cm³/mol. The van der Waals surface area contributed by atoms with Crippen LogP contribution >= 0.6 is 0 Å². The van der Waals surface area contributed by atoms with E-state index in [1.807, 2.05) is 36.4 Å². The number of furan rings is 1. The molecule has 0 aliphatic rings. The average Bonchev–Trinajstić information content (AvgIpc) is 3.56. The minimum atomic E-state index is -0.356. The molecule has 44 heavy (non-hydrogen) atoms. The maximum atomic E-state index is 11.1. The molecular formula is C41H62O3. The summed E-state index contributed by atoms with van der Waals surface area (Å²) in [5.41, 5.74) is 4.07. The van der Waals surface area contributed by atoms with E-state index in [0.717, 1.165) is 42.6 Å². The molecular weight excluding hydrogens is 540 g/mol. The molecule has 0 radical (unpaired) electrons. The number of hydrogen-bond acceptors (Lipinski definition) is 3. The van der Waals surface area contributed by atoms with E-state index < -0.39 is 0 Å². The largest absolute Gasteiger partial charge is 0.508 e. The Morgan fingerprint density at radius 1 is 0.500 bits per heavy atom. The van der Waals surface area contributed by atoms with Crippen LogP contribution in [0.2, 0.25) is 0 Å². The van der Waals surface area contributed by atoms with Crippen molar-refractivity contribution in [3.8, 4) is 11.5 Å². The molecule has 0 saturated heterocycles. The third-order valence-electron chi connectivity index (χ3n) is 9.27. The molecule has 0 aliphatic heterocycles. The third kappa shape index (κ3) is 13.1. The lowest BCUT2D eigenvalue weighted by Gasteiger charge is -2.20. The summed E-state index contributed by atoms with van der Waals surface area (Å²) in [5, 5.41) is 22.1. The summed E-state index contributed by atoms with van der Waals surface area (Å²) >= 11 is 0.